The van der Waals surface area contributed by atoms with Crippen LogP contribution in [0.3, 0.4) is 0 Å². The minimum absolute atomic E-state index is 0.0329. The smallest absolute Gasteiger partial charge is 0.363 e. The van der Waals surface area contributed by atoms with E-state index in [0.717, 1.165) is 12.1 Å². The molecule has 0 amide bonds. The molecule has 0 atom stereocenters. The predicted molar refractivity (Wildman–Crippen MR) is 88.4 cm³/mol. The molecule has 0 aromatic heterocycles. The molecule has 0 saturated heterocycles. The highest BCUT2D eigenvalue weighted by Crippen LogP contribution is 2.28. The minimum Gasteiger partial charge on any atom is -0.402 e. The maximum atomic E-state index is 13.4. The molecule has 3 rings (SSSR count). The number of hydrogen-bond donors (Lipinski definition) is 0. The molecule has 0 bridgehead atoms. The molecule has 0 fully saturated rings. The van der Waals surface area contributed by atoms with Crippen LogP contribution in [-0.4, -0.2) is 11.9 Å². The Labute approximate surface area is 150 Å². The Morgan fingerprint density at radius 3 is 2.42 bits per heavy atom. The van der Waals surface area contributed by atoms with Crippen LogP contribution in [0.4, 0.5) is 8.78 Å². The molecule has 1 aliphatic heterocycles. The molecule has 122 valence electrons. The summed E-state index contributed by atoms with van der Waals surface area (Å²) in [5, 5.41) is 0.623. The minimum atomic E-state index is -1.13. The van der Waals surface area contributed by atoms with Gasteiger partial charge in [0.15, 0.2) is 17.3 Å². The summed E-state index contributed by atoms with van der Waals surface area (Å²) in [6.45, 7) is 0. The van der Waals surface area contributed by atoms with Gasteiger partial charge in [-0.15, -0.1) is 0 Å². The zero-order chi connectivity index (χ0) is 17.4. The van der Waals surface area contributed by atoms with E-state index in [0.29, 0.717) is 15.6 Å². The Morgan fingerprint density at radius 1 is 1.00 bits per heavy atom. The van der Waals surface area contributed by atoms with Crippen molar-refractivity contribution in [2.45, 2.75) is 0 Å². The van der Waals surface area contributed by atoms with Crippen LogP contribution in [-0.2, 0) is 9.53 Å². The van der Waals surface area contributed by atoms with Crippen LogP contribution >= 0.6 is 34.8 Å². The van der Waals surface area contributed by atoms with E-state index >= 15 is 0 Å². The average molecular weight is 389 g/mol. The fourth-order valence-corrected chi connectivity index (χ4v) is 2.67. The van der Waals surface area contributed by atoms with Crippen molar-refractivity contribution in [3.63, 3.8) is 0 Å². The van der Waals surface area contributed by atoms with Crippen LogP contribution in [0.1, 0.15) is 11.1 Å². The van der Waals surface area contributed by atoms with Crippen LogP contribution in [0.2, 0.25) is 15.1 Å². The van der Waals surface area contributed by atoms with E-state index < -0.39 is 17.6 Å². The molecule has 1 heterocycles. The second-order valence-corrected chi connectivity index (χ2v) is 6.00. The number of aliphatic imine (C=N–C) groups is 1. The molecule has 0 radical (unpaired) electrons. The van der Waals surface area contributed by atoms with Gasteiger partial charge in [0.1, 0.15) is 0 Å². The van der Waals surface area contributed by atoms with Gasteiger partial charge in [-0.1, -0.05) is 40.9 Å². The summed E-state index contributed by atoms with van der Waals surface area (Å²) in [4.78, 5) is 15.9. The fraction of sp³-hybridized carbons (Fsp3) is 0. The van der Waals surface area contributed by atoms with Gasteiger partial charge in [-0.05, 0) is 35.9 Å². The lowest BCUT2D eigenvalue weighted by Gasteiger charge is -2.03. The highest BCUT2D eigenvalue weighted by atomic mass is 35.5. The molecule has 24 heavy (non-hydrogen) atoms. The first-order valence-electron chi connectivity index (χ1n) is 6.47. The van der Waals surface area contributed by atoms with Crippen molar-refractivity contribution in [1.82, 2.24) is 0 Å². The predicted octanol–water partition coefficient (Wildman–Crippen LogP) is 5.27. The average Bonchev–Trinajstić information content (AvgIpc) is 2.86. The van der Waals surface area contributed by atoms with Gasteiger partial charge in [0.2, 0.25) is 5.90 Å². The second kappa shape index (κ2) is 6.51. The van der Waals surface area contributed by atoms with Gasteiger partial charge in [0.05, 0.1) is 10.6 Å². The van der Waals surface area contributed by atoms with Crippen molar-refractivity contribution >= 4 is 52.7 Å². The van der Waals surface area contributed by atoms with Gasteiger partial charge in [0.25, 0.3) is 0 Å². The number of ether oxygens (including phenoxy) is 1. The van der Waals surface area contributed by atoms with E-state index in [1.807, 2.05) is 0 Å². The van der Waals surface area contributed by atoms with Crippen molar-refractivity contribution in [1.29, 1.82) is 0 Å². The van der Waals surface area contributed by atoms with Crippen molar-refractivity contribution in [3.05, 3.63) is 73.9 Å². The van der Waals surface area contributed by atoms with Crippen molar-refractivity contribution in [2.75, 3.05) is 0 Å². The number of carbonyl (C=O) groups is 1. The zero-order valence-corrected chi connectivity index (χ0v) is 13.9. The summed E-state index contributed by atoms with van der Waals surface area (Å²) in [6.07, 6.45) is 1.39. The molecule has 3 nitrogen and oxygen atoms in total. The highest BCUT2D eigenvalue weighted by molar-refractivity contribution is 6.36. The molecule has 0 unspecified atom stereocenters. The summed E-state index contributed by atoms with van der Waals surface area (Å²) in [5.41, 5.74) is 0.402. The van der Waals surface area contributed by atoms with E-state index in [1.165, 1.54) is 12.1 Å². The molecule has 8 heteroatoms. The molecule has 0 saturated carbocycles. The molecule has 0 aliphatic carbocycles. The lowest BCUT2D eigenvalue weighted by Crippen LogP contribution is -2.07. The number of benzene rings is 2. The number of hydrogen-bond acceptors (Lipinski definition) is 3. The van der Waals surface area contributed by atoms with E-state index in [4.69, 9.17) is 39.5 Å². The Bertz CT molecular complexity index is 926. The number of cyclic esters (lactones) is 1. The Morgan fingerprint density at radius 2 is 1.71 bits per heavy atom. The summed E-state index contributed by atoms with van der Waals surface area (Å²) >= 11 is 17.7. The monoisotopic (exact) mass is 387 g/mol. The number of esters is 1. The Kier molecular flexibility index (Phi) is 4.58. The van der Waals surface area contributed by atoms with Crippen LogP contribution in [0, 0.1) is 11.6 Å². The first-order chi connectivity index (χ1) is 11.3. The second-order valence-electron chi connectivity index (χ2n) is 4.75. The van der Waals surface area contributed by atoms with E-state index in [2.05, 4.69) is 4.99 Å². The topological polar surface area (TPSA) is 38.7 Å². The standard InChI is InChI=1S/C16H6Cl3F2NO2/c17-8-2-1-7(10(18)4-8)3-14-16(23)24-15(22-14)9-5-12(20)13(21)6-11(9)19/h1-6H. The highest BCUT2D eigenvalue weighted by Gasteiger charge is 2.27. The van der Waals surface area contributed by atoms with E-state index in [9.17, 15) is 13.6 Å². The molecule has 0 spiro atoms. The number of nitrogens with zero attached hydrogens (tertiary/aromatic N) is 1. The van der Waals surface area contributed by atoms with Gasteiger partial charge in [-0.25, -0.2) is 18.6 Å². The third-order valence-corrected chi connectivity index (χ3v) is 3.99. The van der Waals surface area contributed by atoms with Crippen LogP contribution in [0.15, 0.2) is 41.0 Å². The number of rotatable bonds is 2. The quantitative estimate of drug-likeness (QED) is 0.399. The van der Waals surface area contributed by atoms with Gasteiger partial charge < -0.3 is 4.74 Å². The first kappa shape index (κ1) is 16.9. The maximum absolute atomic E-state index is 13.4. The van der Waals surface area contributed by atoms with Gasteiger partial charge in [-0.3, -0.25) is 0 Å². The van der Waals surface area contributed by atoms with Crippen LogP contribution in [0.5, 0.6) is 0 Å². The maximum Gasteiger partial charge on any atom is 0.363 e. The van der Waals surface area contributed by atoms with Gasteiger partial charge >= 0.3 is 5.97 Å². The summed E-state index contributed by atoms with van der Waals surface area (Å²) in [5.74, 6) is -3.24. The van der Waals surface area contributed by atoms with Crippen molar-refractivity contribution < 1.29 is 18.3 Å². The molecular weight excluding hydrogens is 383 g/mol. The van der Waals surface area contributed by atoms with Crippen molar-refractivity contribution in [3.8, 4) is 0 Å². The van der Waals surface area contributed by atoms with Crippen molar-refractivity contribution in [2.24, 2.45) is 4.99 Å². The normalized spacial score (nSPS) is 15.6. The van der Waals surface area contributed by atoms with Crippen LogP contribution in [0.25, 0.3) is 6.08 Å². The molecule has 0 N–H and O–H groups in total. The molecular formula is C16H6Cl3F2NO2. The SMILES string of the molecule is O=C1OC(c2cc(F)c(F)cc2Cl)=NC1=Cc1ccc(Cl)cc1Cl. The molecule has 2 aromatic rings. The van der Waals surface area contributed by atoms with E-state index in [1.54, 1.807) is 12.1 Å². The molecule has 1 aliphatic rings. The third kappa shape index (κ3) is 3.29. The summed E-state index contributed by atoms with van der Waals surface area (Å²) in [6, 6.07) is 6.29. The van der Waals surface area contributed by atoms with E-state index in [-0.39, 0.29) is 22.2 Å². The summed E-state index contributed by atoms with van der Waals surface area (Å²) < 4.78 is 31.5. The lowest BCUT2D eigenvalue weighted by atomic mass is 10.2. The number of halogens is 5. The zero-order valence-electron chi connectivity index (χ0n) is 11.6. The number of carbonyl (C=O) groups excluding carboxylic acids is 1. The van der Waals surface area contributed by atoms with Gasteiger partial charge in [0, 0.05) is 10.0 Å². The lowest BCUT2D eigenvalue weighted by molar-refractivity contribution is -0.129. The molecule has 2 aromatic carbocycles. The van der Waals surface area contributed by atoms with Gasteiger partial charge in [-0.2, -0.15) is 0 Å². The summed E-state index contributed by atoms with van der Waals surface area (Å²) in [7, 11) is 0. The van der Waals surface area contributed by atoms with Crippen LogP contribution < -0.4 is 0 Å². The fourth-order valence-electron chi connectivity index (χ4n) is 1.98. The Hall–Kier alpha value is -1.95. The largest absolute Gasteiger partial charge is 0.402 e. The third-order valence-electron chi connectivity index (χ3n) is 3.12. The first-order valence-corrected chi connectivity index (χ1v) is 7.61. The Balaban J connectivity index is 2.02.